The third-order valence-corrected chi connectivity index (χ3v) is 6.62. The lowest BCUT2D eigenvalue weighted by molar-refractivity contribution is 0.114. The fraction of sp³-hybridized carbons (Fsp3) is 0.455. The Bertz CT molecular complexity index is 667. The molecule has 0 saturated heterocycles. The smallest absolute Gasteiger partial charge is 0.376 e. The number of azide groups is 1. The first-order chi connectivity index (χ1) is 11.3. The molecule has 24 heavy (non-hydrogen) atoms. The van der Waals surface area contributed by atoms with Crippen molar-refractivity contribution >= 4 is 19.0 Å². The fourth-order valence-corrected chi connectivity index (χ4v) is 4.21. The first-order valence-electron chi connectivity index (χ1n) is 6.40. The Hall–Kier alpha value is -2.11. The molecule has 0 aliphatic rings. The minimum atomic E-state index is -4.27. The number of hydrogen-bond acceptors (Lipinski definition) is 5. The molecule has 1 aromatic carbocycles. The van der Waals surface area contributed by atoms with E-state index in [-0.39, 0.29) is 5.54 Å². The van der Waals surface area contributed by atoms with E-state index in [1.54, 1.807) is 21.3 Å². The van der Waals surface area contributed by atoms with Crippen LogP contribution >= 0.6 is 0 Å². The average Bonchev–Trinajstić information content (AvgIpc) is 2.58. The van der Waals surface area contributed by atoms with Gasteiger partial charge in [0.1, 0.15) is 0 Å². The van der Waals surface area contributed by atoms with Crippen molar-refractivity contribution in [2.45, 2.75) is 12.5 Å². The second-order valence-corrected chi connectivity index (χ2v) is 8.66. The molecule has 13 heteroatoms. The van der Waals surface area contributed by atoms with Crippen LogP contribution in [0.1, 0.15) is 18.0 Å². The van der Waals surface area contributed by atoms with E-state index in [0.717, 1.165) is 0 Å². The lowest BCUT2D eigenvalue weighted by atomic mass is 10.2. The topological polar surface area (TPSA) is 159 Å². The van der Waals surface area contributed by atoms with Gasteiger partial charge in [-0.2, -0.15) is 0 Å². The van der Waals surface area contributed by atoms with Gasteiger partial charge in [-0.25, -0.2) is 8.42 Å². The van der Waals surface area contributed by atoms with Crippen molar-refractivity contribution in [1.29, 1.82) is 0 Å². The summed E-state index contributed by atoms with van der Waals surface area (Å²) in [4.78, 5) is 3.80. The minimum Gasteiger partial charge on any atom is -0.376 e. The normalized spacial score (nSPS) is 12.0. The van der Waals surface area contributed by atoms with Gasteiger partial charge in [0.2, 0.25) is 0 Å². The van der Waals surface area contributed by atoms with Crippen LogP contribution in [0.4, 0.5) is 0 Å². The van der Waals surface area contributed by atoms with Crippen molar-refractivity contribution in [2.75, 3.05) is 21.3 Å². The van der Waals surface area contributed by atoms with Crippen LogP contribution in [-0.2, 0) is 23.5 Å². The predicted molar refractivity (Wildman–Crippen MR) is 88.8 cm³/mol. The fourth-order valence-electron chi connectivity index (χ4n) is 1.83. The highest BCUT2D eigenvalue weighted by Crippen LogP contribution is 2.27. The second kappa shape index (κ2) is 10.6. The van der Waals surface area contributed by atoms with Crippen LogP contribution < -0.4 is 0 Å². The molecule has 1 unspecified atom stereocenters. The number of rotatable bonds is 7. The molecular formula is C11H18N6O5SSi. The van der Waals surface area contributed by atoms with Crippen LogP contribution in [0.3, 0.4) is 0 Å². The molecule has 0 radical (unpaired) electrons. The molecule has 0 spiro atoms. The van der Waals surface area contributed by atoms with Crippen molar-refractivity contribution in [1.82, 2.24) is 0 Å². The summed E-state index contributed by atoms with van der Waals surface area (Å²) in [6.45, 7) is 2.07. The second-order valence-electron chi connectivity index (χ2n) is 4.14. The van der Waals surface area contributed by atoms with Gasteiger partial charge in [-0.1, -0.05) is 37.3 Å². The number of benzene rings is 1. The Morgan fingerprint density at radius 3 is 1.75 bits per heavy atom. The maximum absolute atomic E-state index is 9.99. The first-order valence-corrected chi connectivity index (χ1v) is 9.60. The number of nitrogens with zero attached hydrogens (tertiary/aromatic N) is 6. The van der Waals surface area contributed by atoms with Crippen LogP contribution in [0.25, 0.3) is 20.9 Å². The summed E-state index contributed by atoms with van der Waals surface area (Å²) < 4.78 is 40.7. The Balaban J connectivity index is 0.000000506. The Kier molecular flexibility index (Phi) is 9.69. The van der Waals surface area contributed by atoms with E-state index >= 15 is 0 Å². The van der Waals surface area contributed by atoms with E-state index in [0.29, 0.717) is 0 Å². The molecule has 0 aliphatic carbocycles. The van der Waals surface area contributed by atoms with Gasteiger partial charge in [-0.3, -0.25) is 0 Å². The molecule has 1 aromatic rings. The molecule has 0 saturated carbocycles. The number of hydrogen-bond donors (Lipinski definition) is 0. The maximum Gasteiger partial charge on any atom is 0.507 e. The van der Waals surface area contributed by atoms with E-state index in [9.17, 15) is 8.42 Å². The van der Waals surface area contributed by atoms with Gasteiger partial charge in [0.25, 0.3) is 0 Å². The summed E-state index contributed by atoms with van der Waals surface area (Å²) in [6, 6.07) is 10.1. The van der Waals surface area contributed by atoms with Crippen molar-refractivity contribution in [2.24, 2.45) is 9.04 Å². The van der Waals surface area contributed by atoms with Crippen LogP contribution in [0, 0.1) is 0 Å². The molecule has 11 nitrogen and oxygen atoms in total. The lowest BCUT2D eigenvalue weighted by Gasteiger charge is -2.30. The summed E-state index contributed by atoms with van der Waals surface area (Å²) in [6.07, 6.45) is 0. The molecule has 0 aliphatic heterocycles. The van der Waals surface area contributed by atoms with Crippen molar-refractivity contribution < 1.29 is 21.7 Å². The third-order valence-electron chi connectivity index (χ3n) is 2.96. The monoisotopic (exact) mass is 374 g/mol. The zero-order valence-corrected chi connectivity index (χ0v) is 15.4. The van der Waals surface area contributed by atoms with Crippen LogP contribution in [0.5, 0.6) is 0 Å². The van der Waals surface area contributed by atoms with Gasteiger partial charge in [-0.05, 0) is 16.6 Å². The van der Waals surface area contributed by atoms with Gasteiger partial charge in [0.05, 0.1) is 5.54 Å². The Labute approximate surface area is 141 Å². The largest absolute Gasteiger partial charge is 0.507 e. The SMILES string of the molecule is CO[Si](OC)(OC)C(C)c1ccccc1.[N-]=[N+]=NS(=O)(=O)N=[N+]=[N-]. The molecule has 1 atom stereocenters. The van der Waals surface area contributed by atoms with Crippen LogP contribution in [0.15, 0.2) is 39.4 Å². The maximum atomic E-state index is 9.99. The first kappa shape index (κ1) is 21.9. The van der Waals surface area contributed by atoms with Crippen LogP contribution in [0.2, 0.25) is 0 Å². The zero-order valence-electron chi connectivity index (χ0n) is 13.6. The average molecular weight is 374 g/mol. The summed E-state index contributed by atoms with van der Waals surface area (Å²) in [5.41, 5.74) is 16.4. The van der Waals surface area contributed by atoms with E-state index in [1.165, 1.54) is 5.56 Å². The molecule has 0 amide bonds. The van der Waals surface area contributed by atoms with Gasteiger partial charge in [0.15, 0.2) is 0 Å². The molecule has 0 heterocycles. The van der Waals surface area contributed by atoms with Crippen molar-refractivity contribution in [3.05, 3.63) is 56.8 Å². The highest BCUT2D eigenvalue weighted by atomic mass is 32.2. The lowest BCUT2D eigenvalue weighted by Crippen LogP contribution is -2.48. The van der Waals surface area contributed by atoms with Gasteiger partial charge in [-0.15, -0.1) is 0 Å². The van der Waals surface area contributed by atoms with E-state index in [1.807, 2.05) is 28.0 Å². The minimum absolute atomic E-state index is 0.138. The van der Waals surface area contributed by atoms with Gasteiger partial charge < -0.3 is 13.3 Å². The summed E-state index contributed by atoms with van der Waals surface area (Å²) >= 11 is 0. The van der Waals surface area contributed by atoms with E-state index < -0.39 is 19.0 Å². The zero-order chi connectivity index (χ0) is 18.6. The van der Waals surface area contributed by atoms with E-state index in [4.69, 9.17) is 24.3 Å². The van der Waals surface area contributed by atoms with Crippen LogP contribution in [-0.4, -0.2) is 38.6 Å². The summed E-state index contributed by atoms with van der Waals surface area (Å²) in [5.74, 6) is 0. The standard InChI is InChI=1S/C11H18O3Si.N6O2S/c1-10(11-8-6-5-7-9-11)15(12-2,13-3)14-4;1-3-5-9(7,8)6-4-2/h5-10H,1-4H3;. The molecule has 0 aromatic heterocycles. The van der Waals surface area contributed by atoms with Gasteiger partial charge >= 0.3 is 19.0 Å². The molecule has 132 valence electrons. The quantitative estimate of drug-likeness (QED) is 0.310. The van der Waals surface area contributed by atoms with E-state index in [2.05, 4.69) is 28.1 Å². The summed E-state index contributed by atoms with van der Waals surface area (Å²) in [5, 5.41) is 0. The molecule has 1 rings (SSSR count). The Morgan fingerprint density at radius 2 is 1.42 bits per heavy atom. The van der Waals surface area contributed by atoms with Crippen molar-refractivity contribution in [3.63, 3.8) is 0 Å². The molecule has 0 N–H and O–H groups in total. The molecular weight excluding hydrogens is 356 g/mol. The predicted octanol–water partition coefficient (Wildman–Crippen LogP) is 3.06. The van der Waals surface area contributed by atoms with Crippen molar-refractivity contribution in [3.8, 4) is 0 Å². The Morgan fingerprint density at radius 1 is 1.00 bits per heavy atom. The summed E-state index contributed by atoms with van der Waals surface area (Å²) in [7, 11) is -1.91. The highest BCUT2D eigenvalue weighted by Gasteiger charge is 2.45. The van der Waals surface area contributed by atoms with Gasteiger partial charge in [0, 0.05) is 40.2 Å². The molecule has 0 fully saturated rings. The third kappa shape index (κ3) is 6.56. The molecule has 0 bridgehead atoms. The highest BCUT2D eigenvalue weighted by molar-refractivity contribution is 7.88.